The van der Waals surface area contributed by atoms with Crippen LogP contribution in [-0.4, -0.2) is 39.2 Å². The molecule has 1 fully saturated rings. The summed E-state index contributed by atoms with van der Waals surface area (Å²) < 4.78 is 7.21. The highest BCUT2D eigenvalue weighted by atomic mass is 32.2. The molecule has 1 saturated heterocycles. The SMILES string of the molecule is CSc1nccc(-c2cnn([C@@H]3CCOC3)c2N)n1. The molecular formula is C12H15N5OS. The number of nitrogens with two attached hydrogens (primary N) is 1. The maximum atomic E-state index is 6.18. The van der Waals surface area contributed by atoms with Gasteiger partial charge in [0, 0.05) is 12.8 Å². The number of hydrogen-bond acceptors (Lipinski definition) is 6. The van der Waals surface area contributed by atoms with Crippen molar-refractivity contribution in [2.45, 2.75) is 17.6 Å². The molecular weight excluding hydrogens is 262 g/mol. The van der Waals surface area contributed by atoms with Gasteiger partial charge in [0.15, 0.2) is 5.16 Å². The summed E-state index contributed by atoms with van der Waals surface area (Å²) >= 11 is 1.51. The fraction of sp³-hybridized carbons (Fsp3) is 0.417. The van der Waals surface area contributed by atoms with Gasteiger partial charge in [0.05, 0.1) is 30.1 Å². The van der Waals surface area contributed by atoms with Crippen LogP contribution in [0.1, 0.15) is 12.5 Å². The zero-order chi connectivity index (χ0) is 13.2. The normalized spacial score (nSPS) is 18.9. The summed E-state index contributed by atoms with van der Waals surface area (Å²) in [6, 6.07) is 2.08. The average Bonchev–Trinajstić information content (AvgIpc) is 3.08. The van der Waals surface area contributed by atoms with E-state index in [1.165, 1.54) is 11.8 Å². The van der Waals surface area contributed by atoms with Gasteiger partial charge in [0.2, 0.25) is 0 Å². The van der Waals surface area contributed by atoms with E-state index in [-0.39, 0.29) is 6.04 Å². The van der Waals surface area contributed by atoms with Gasteiger partial charge in [0.1, 0.15) is 5.82 Å². The Bertz CT molecular complexity index is 579. The van der Waals surface area contributed by atoms with E-state index in [4.69, 9.17) is 10.5 Å². The molecule has 3 heterocycles. The maximum Gasteiger partial charge on any atom is 0.187 e. The molecule has 3 rings (SSSR count). The van der Waals surface area contributed by atoms with Crippen LogP contribution in [0, 0.1) is 0 Å². The highest BCUT2D eigenvalue weighted by Crippen LogP contribution is 2.29. The molecule has 0 radical (unpaired) electrons. The smallest absolute Gasteiger partial charge is 0.187 e. The fourth-order valence-corrected chi connectivity index (χ4v) is 2.52. The molecule has 1 aliphatic heterocycles. The predicted octanol–water partition coefficient (Wildman–Crippen LogP) is 1.61. The molecule has 0 aliphatic carbocycles. The van der Waals surface area contributed by atoms with Crippen molar-refractivity contribution in [2.75, 3.05) is 25.2 Å². The molecule has 0 unspecified atom stereocenters. The lowest BCUT2D eigenvalue weighted by Gasteiger charge is -2.10. The summed E-state index contributed by atoms with van der Waals surface area (Å²) in [5.74, 6) is 0.640. The summed E-state index contributed by atoms with van der Waals surface area (Å²) in [6.07, 6.45) is 6.40. The molecule has 2 aromatic heterocycles. The lowest BCUT2D eigenvalue weighted by molar-refractivity contribution is 0.185. The number of nitrogens with zero attached hydrogens (tertiary/aromatic N) is 4. The van der Waals surface area contributed by atoms with Crippen molar-refractivity contribution in [3.8, 4) is 11.3 Å². The molecule has 19 heavy (non-hydrogen) atoms. The van der Waals surface area contributed by atoms with Gasteiger partial charge in [-0.1, -0.05) is 11.8 Å². The van der Waals surface area contributed by atoms with E-state index in [2.05, 4.69) is 15.1 Å². The molecule has 7 heteroatoms. The van der Waals surface area contributed by atoms with Gasteiger partial charge in [-0.25, -0.2) is 14.6 Å². The summed E-state index contributed by atoms with van der Waals surface area (Å²) in [4.78, 5) is 8.61. The molecule has 0 amide bonds. The van der Waals surface area contributed by atoms with Crippen molar-refractivity contribution in [1.82, 2.24) is 19.7 Å². The number of aromatic nitrogens is 4. The monoisotopic (exact) mass is 277 g/mol. The van der Waals surface area contributed by atoms with Gasteiger partial charge in [-0.2, -0.15) is 5.10 Å². The Labute approximate surface area is 115 Å². The van der Waals surface area contributed by atoms with Crippen molar-refractivity contribution in [1.29, 1.82) is 0 Å². The zero-order valence-electron chi connectivity index (χ0n) is 10.6. The molecule has 0 spiro atoms. The minimum atomic E-state index is 0.232. The first-order chi connectivity index (χ1) is 9.29. The molecule has 2 N–H and O–H groups in total. The van der Waals surface area contributed by atoms with Gasteiger partial charge in [-0.3, -0.25) is 0 Å². The van der Waals surface area contributed by atoms with Gasteiger partial charge >= 0.3 is 0 Å². The van der Waals surface area contributed by atoms with Crippen molar-refractivity contribution >= 4 is 17.6 Å². The molecule has 0 aromatic carbocycles. The molecule has 6 nitrogen and oxygen atoms in total. The Hall–Kier alpha value is -1.60. The van der Waals surface area contributed by atoms with Crippen LogP contribution in [0.3, 0.4) is 0 Å². The first kappa shape index (κ1) is 12.4. The first-order valence-electron chi connectivity index (χ1n) is 6.07. The largest absolute Gasteiger partial charge is 0.383 e. The number of thioether (sulfide) groups is 1. The molecule has 0 saturated carbocycles. The van der Waals surface area contributed by atoms with E-state index in [1.54, 1.807) is 12.4 Å². The van der Waals surface area contributed by atoms with Gasteiger partial charge in [-0.05, 0) is 18.7 Å². The third kappa shape index (κ3) is 2.31. The number of hydrogen-bond donors (Lipinski definition) is 1. The van der Waals surface area contributed by atoms with Crippen LogP contribution in [0.4, 0.5) is 5.82 Å². The highest BCUT2D eigenvalue weighted by molar-refractivity contribution is 7.98. The summed E-state index contributed by atoms with van der Waals surface area (Å²) in [6.45, 7) is 1.44. The van der Waals surface area contributed by atoms with E-state index in [0.29, 0.717) is 12.4 Å². The highest BCUT2D eigenvalue weighted by Gasteiger charge is 2.22. The topological polar surface area (TPSA) is 78.8 Å². The third-order valence-electron chi connectivity index (χ3n) is 3.18. The lowest BCUT2D eigenvalue weighted by Crippen LogP contribution is -2.13. The van der Waals surface area contributed by atoms with Gasteiger partial charge < -0.3 is 10.5 Å². The summed E-state index contributed by atoms with van der Waals surface area (Å²) in [7, 11) is 0. The lowest BCUT2D eigenvalue weighted by atomic mass is 10.2. The molecule has 100 valence electrons. The van der Waals surface area contributed by atoms with E-state index >= 15 is 0 Å². The quantitative estimate of drug-likeness (QED) is 0.678. The second-order valence-corrected chi connectivity index (χ2v) is 5.11. The second kappa shape index (κ2) is 5.18. The second-order valence-electron chi connectivity index (χ2n) is 4.33. The first-order valence-corrected chi connectivity index (χ1v) is 7.30. The Kier molecular flexibility index (Phi) is 3.39. The van der Waals surface area contributed by atoms with Crippen LogP contribution in [0.5, 0.6) is 0 Å². The number of anilines is 1. The van der Waals surface area contributed by atoms with E-state index in [0.717, 1.165) is 29.4 Å². The van der Waals surface area contributed by atoms with Crippen LogP contribution in [-0.2, 0) is 4.74 Å². The Morgan fingerprint density at radius 3 is 3.16 bits per heavy atom. The van der Waals surface area contributed by atoms with Crippen molar-refractivity contribution in [3.05, 3.63) is 18.5 Å². The number of nitrogen functional groups attached to an aromatic ring is 1. The maximum absolute atomic E-state index is 6.18. The number of ether oxygens (including phenoxy) is 1. The predicted molar refractivity (Wildman–Crippen MR) is 73.9 cm³/mol. The van der Waals surface area contributed by atoms with Crippen LogP contribution in [0.25, 0.3) is 11.3 Å². The average molecular weight is 277 g/mol. The van der Waals surface area contributed by atoms with E-state index in [9.17, 15) is 0 Å². The summed E-state index contributed by atoms with van der Waals surface area (Å²) in [5.41, 5.74) is 7.84. The van der Waals surface area contributed by atoms with Crippen LogP contribution in [0.2, 0.25) is 0 Å². The molecule has 0 bridgehead atoms. The Balaban J connectivity index is 1.96. The van der Waals surface area contributed by atoms with E-state index in [1.807, 2.05) is 17.0 Å². The molecule has 1 aliphatic rings. The minimum absolute atomic E-state index is 0.232. The minimum Gasteiger partial charge on any atom is -0.383 e. The standard InChI is InChI=1S/C12H15N5OS/c1-19-12-14-4-2-10(16-12)9-6-15-17(11(9)13)8-3-5-18-7-8/h2,4,6,8H,3,5,7,13H2,1H3/t8-/m1/s1. The van der Waals surface area contributed by atoms with Crippen molar-refractivity contribution in [3.63, 3.8) is 0 Å². The zero-order valence-corrected chi connectivity index (χ0v) is 11.4. The molecule has 1 atom stereocenters. The van der Waals surface area contributed by atoms with Crippen LogP contribution >= 0.6 is 11.8 Å². The summed E-state index contributed by atoms with van der Waals surface area (Å²) in [5, 5.41) is 5.10. The fourth-order valence-electron chi connectivity index (χ4n) is 2.16. The number of rotatable bonds is 3. The van der Waals surface area contributed by atoms with E-state index < -0.39 is 0 Å². The van der Waals surface area contributed by atoms with Crippen molar-refractivity contribution < 1.29 is 4.74 Å². The molecule has 2 aromatic rings. The van der Waals surface area contributed by atoms with Crippen LogP contribution < -0.4 is 5.73 Å². The van der Waals surface area contributed by atoms with Gasteiger partial charge in [-0.15, -0.1) is 0 Å². The third-order valence-corrected chi connectivity index (χ3v) is 3.74. The van der Waals surface area contributed by atoms with Crippen molar-refractivity contribution in [2.24, 2.45) is 0 Å². The Morgan fingerprint density at radius 2 is 2.42 bits per heavy atom. The van der Waals surface area contributed by atoms with Crippen LogP contribution in [0.15, 0.2) is 23.6 Å². The Morgan fingerprint density at radius 1 is 1.53 bits per heavy atom. The van der Waals surface area contributed by atoms with Gasteiger partial charge in [0.25, 0.3) is 0 Å².